The van der Waals surface area contributed by atoms with Crippen LogP contribution < -0.4 is 5.73 Å². The molecule has 14 heteroatoms. The normalized spacial score (nSPS) is 13.3. The summed E-state index contributed by atoms with van der Waals surface area (Å²) in [4.78, 5) is 45.8. The van der Waals surface area contributed by atoms with Gasteiger partial charge in [-0.2, -0.15) is 11.8 Å². The Morgan fingerprint density at radius 3 is 1.79 bits per heavy atom. The Labute approximate surface area is 257 Å². The van der Waals surface area contributed by atoms with Gasteiger partial charge >= 0.3 is 26.7 Å². The number of ether oxygens (including phenoxy) is 3. The average Bonchev–Trinajstić information content (AvgIpc) is 2.97. The fourth-order valence-electron chi connectivity index (χ4n) is 2.67. The molecule has 42 heavy (non-hydrogen) atoms. The number of hydrogen-bond donors (Lipinski definition) is 2. The number of carbonyl (C=O) groups excluding carboxylic acids is 4. The van der Waals surface area contributed by atoms with E-state index in [1.807, 2.05) is 27.7 Å². The first-order valence-corrected chi connectivity index (χ1v) is 17.3. The molecule has 0 heterocycles. The van der Waals surface area contributed by atoms with Crippen LogP contribution in [0.4, 0.5) is 0 Å². The summed E-state index contributed by atoms with van der Waals surface area (Å²) in [6, 6.07) is 0.635. The van der Waals surface area contributed by atoms with Crippen LogP contribution in [0.3, 0.4) is 0 Å². The molecule has 0 aromatic heterocycles. The van der Waals surface area contributed by atoms with E-state index in [0.717, 1.165) is 6.42 Å². The van der Waals surface area contributed by atoms with Crippen LogP contribution in [0.1, 0.15) is 74.1 Å². The van der Waals surface area contributed by atoms with E-state index < -0.39 is 37.7 Å². The zero-order chi connectivity index (χ0) is 33.0. The summed E-state index contributed by atoms with van der Waals surface area (Å²) in [5.74, 6) is -0.557. The monoisotopic (exact) mass is 641 g/mol. The van der Waals surface area contributed by atoms with Gasteiger partial charge < -0.3 is 38.3 Å². The van der Waals surface area contributed by atoms with Gasteiger partial charge in [-0.05, 0) is 47.0 Å². The molecule has 0 aliphatic rings. The third kappa shape index (κ3) is 18.1. The number of aliphatic hydroxyl groups excluding tert-OH is 1. The molecular weight excluding hydrogens is 586 g/mol. The molecular formula is C28H55NO11SSi. The minimum atomic E-state index is -2.53. The van der Waals surface area contributed by atoms with E-state index in [0.29, 0.717) is 37.0 Å². The highest BCUT2D eigenvalue weighted by molar-refractivity contribution is 7.99. The van der Waals surface area contributed by atoms with Crippen LogP contribution in [0.2, 0.25) is 6.04 Å². The molecule has 0 rings (SSSR count). The predicted molar refractivity (Wildman–Crippen MR) is 164 cm³/mol. The van der Waals surface area contributed by atoms with Crippen molar-refractivity contribution in [3.05, 3.63) is 0 Å². The lowest BCUT2D eigenvalue weighted by atomic mass is 9.91. The molecule has 3 N–H and O–H groups in total. The number of aliphatic hydroxyl groups is 1. The summed E-state index contributed by atoms with van der Waals surface area (Å²) < 4.78 is 31.0. The number of rotatable bonds is 21. The second kappa shape index (κ2) is 21.9. The van der Waals surface area contributed by atoms with E-state index in [4.69, 9.17) is 33.2 Å². The minimum absolute atomic E-state index is 0.162. The quantitative estimate of drug-likeness (QED) is 0.0812. The molecule has 0 saturated heterocycles. The maximum atomic E-state index is 11.7. The number of hydrogen-bond acceptors (Lipinski definition) is 12. The highest BCUT2D eigenvalue weighted by Crippen LogP contribution is 2.23. The number of esters is 3. The van der Waals surface area contributed by atoms with Crippen LogP contribution in [0.5, 0.6) is 0 Å². The van der Waals surface area contributed by atoms with E-state index >= 15 is 0 Å². The van der Waals surface area contributed by atoms with Gasteiger partial charge in [0.2, 0.25) is 5.91 Å². The molecule has 0 bridgehead atoms. The SMILES string of the molecule is CCC(C)(C)C(=O)OCC(O)COC(=O)CCSCC(C)C(N)=O.CCC(C)(C)C(=O)OCCC[Si](OC)(OC)OC. The van der Waals surface area contributed by atoms with Crippen molar-refractivity contribution in [2.75, 3.05) is 52.7 Å². The molecule has 0 aromatic carbocycles. The molecule has 0 saturated carbocycles. The summed E-state index contributed by atoms with van der Waals surface area (Å²) in [5, 5.41) is 9.68. The molecule has 1 amide bonds. The molecule has 2 unspecified atom stereocenters. The third-order valence-corrected chi connectivity index (χ3v) is 10.9. The summed E-state index contributed by atoms with van der Waals surface area (Å²) in [5.41, 5.74) is 4.12. The van der Waals surface area contributed by atoms with Crippen molar-refractivity contribution in [2.24, 2.45) is 22.5 Å². The van der Waals surface area contributed by atoms with Crippen LogP contribution in [-0.2, 0) is 46.7 Å². The van der Waals surface area contributed by atoms with Crippen LogP contribution in [0.15, 0.2) is 0 Å². The Bertz CT molecular complexity index is 798. The summed E-state index contributed by atoms with van der Waals surface area (Å²) >= 11 is 1.44. The van der Waals surface area contributed by atoms with Crippen molar-refractivity contribution in [2.45, 2.75) is 86.3 Å². The third-order valence-electron chi connectivity index (χ3n) is 6.81. The van der Waals surface area contributed by atoms with Crippen LogP contribution in [0, 0.1) is 16.7 Å². The summed E-state index contributed by atoms with van der Waals surface area (Å²) in [6.07, 6.45) is 1.19. The molecule has 0 aliphatic carbocycles. The zero-order valence-electron chi connectivity index (χ0n) is 27.2. The number of carbonyl (C=O) groups is 4. The van der Waals surface area contributed by atoms with E-state index in [-0.39, 0.29) is 37.4 Å². The van der Waals surface area contributed by atoms with Gasteiger partial charge in [-0.3, -0.25) is 19.2 Å². The molecule has 12 nitrogen and oxygen atoms in total. The molecule has 0 spiro atoms. The van der Waals surface area contributed by atoms with Gasteiger partial charge in [-0.15, -0.1) is 0 Å². The van der Waals surface area contributed by atoms with Gasteiger partial charge in [0, 0.05) is 44.8 Å². The number of primary amides is 1. The Hall–Kier alpha value is -1.71. The van der Waals surface area contributed by atoms with Crippen molar-refractivity contribution in [3.63, 3.8) is 0 Å². The number of nitrogens with two attached hydrogens (primary N) is 1. The van der Waals surface area contributed by atoms with E-state index in [9.17, 15) is 24.3 Å². The molecule has 248 valence electrons. The lowest BCUT2D eigenvalue weighted by Crippen LogP contribution is -2.42. The van der Waals surface area contributed by atoms with Gasteiger partial charge in [0.25, 0.3) is 0 Å². The van der Waals surface area contributed by atoms with Crippen molar-refractivity contribution >= 4 is 44.4 Å². The average molecular weight is 642 g/mol. The smallest absolute Gasteiger partial charge is 0.465 e. The first-order valence-electron chi connectivity index (χ1n) is 14.2. The maximum absolute atomic E-state index is 11.7. The molecule has 0 radical (unpaired) electrons. The summed E-state index contributed by atoms with van der Waals surface area (Å²) in [6.45, 7) is 12.8. The standard InChI is InChI=1S/C16H29NO6S.C12H26O5Si/c1-5-16(3,4)15(21)23-9-12(18)8-22-13(19)6-7-24-10-11(2)14(17)20;1-7-12(2,3)11(13)17-9-8-10-18(14-4,15-5)16-6/h11-12,18H,5-10H2,1-4H3,(H2,17,20);7-10H2,1-6H3. The van der Waals surface area contributed by atoms with Crippen LogP contribution >= 0.6 is 11.8 Å². The van der Waals surface area contributed by atoms with Gasteiger partial charge in [0.1, 0.15) is 19.3 Å². The Kier molecular flexibility index (Phi) is 22.1. The zero-order valence-corrected chi connectivity index (χ0v) is 29.1. The van der Waals surface area contributed by atoms with Crippen molar-refractivity contribution in [1.29, 1.82) is 0 Å². The van der Waals surface area contributed by atoms with Crippen molar-refractivity contribution in [1.82, 2.24) is 0 Å². The van der Waals surface area contributed by atoms with Gasteiger partial charge in [0.05, 0.1) is 23.9 Å². The highest BCUT2D eigenvalue weighted by atomic mass is 32.2. The highest BCUT2D eigenvalue weighted by Gasteiger charge is 2.37. The molecule has 0 fully saturated rings. The Morgan fingerprint density at radius 1 is 0.857 bits per heavy atom. The summed E-state index contributed by atoms with van der Waals surface area (Å²) in [7, 11) is 2.19. The minimum Gasteiger partial charge on any atom is -0.465 e. The number of thioether (sulfide) groups is 1. The van der Waals surface area contributed by atoms with Gasteiger partial charge in [-0.1, -0.05) is 20.8 Å². The molecule has 0 aromatic rings. The largest absolute Gasteiger partial charge is 0.500 e. The fraction of sp³-hybridized carbons (Fsp3) is 0.857. The Morgan fingerprint density at radius 2 is 1.33 bits per heavy atom. The predicted octanol–water partition coefficient (Wildman–Crippen LogP) is 3.35. The van der Waals surface area contributed by atoms with Crippen molar-refractivity contribution < 1.29 is 51.8 Å². The first-order chi connectivity index (χ1) is 19.5. The number of amides is 1. The molecule has 2 atom stereocenters. The maximum Gasteiger partial charge on any atom is 0.500 e. The Balaban J connectivity index is 0. The van der Waals surface area contributed by atoms with Crippen LogP contribution in [-0.4, -0.2) is 96.5 Å². The van der Waals surface area contributed by atoms with Crippen molar-refractivity contribution in [3.8, 4) is 0 Å². The fourth-order valence-corrected chi connectivity index (χ4v) is 5.35. The van der Waals surface area contributed by atoms with Gasteiger partial charge in [-0.25, -0.2) is 0 Å². The second-order valence-electron chi connectivity index (χ2n) is 11.1. The second-order valence-corrected chi connectivity index (χ2v) is 15.3. The lowest BCUT2D eigenvalue weighted by Gasteiger charge is -2.24. The van der Waals surface area contributed by atoms with E-state index in [1.54, 1.807) is 42.1 Å². The van der Waals surface area contributed by atoms with E-state index in [1.165, 1.54) is 11.8 Å². The molecule has 0 aliphatic heterocycles. The van der Waals surface area contributed by atoms with Crippen LogP contribution in [0.25, 0.3) is 0 Å². The topological polar surface area (TPSA) is 170 Å². The van der Waals surface area contributed by atoms with E-state index in [2.05, 4.69) is 0 Å². The first kappa shape index (κ1) is 42.4. The van der Waals surface area contributed by atoms with Gasteiger partial charge in [0.15, 0.2) is 0 Å². The lowest BCUT2D eigenvalue weighted by molar-refractivity contribution is -0.159.